The molecule has 5 heteroatoms. The summed E-state index contributed by atoms with van der Waals surface area (Å²) >= 11 is 0. The van der Waals surface area contributed by atoms with Gasteiger partial charge in [0.25, 0.3) is 0 Å². The van der Waals surface area contributed by atoms with Crippen LogP contribution < -0.4 is 0 Å². The molecular weight excluding hydrogens is 620 g/mol. The summed E-state index contributed by atoms with van der Waals surface area (Å²) < 4.78 is 10.3. The van der Waals surface area contributed by atoms with E-state index >= 15 is 0 Å². The highest BCUT2D eigenvalue weighted by atomic mass is 16.6. The van der Waals surface area contributed by atoms with Crippen LogP contribution in [0.4, 0.5) is 0 Å². The Balaban J connectivity index is 3.47. The number of unbranched alkanes of at least 4 members (excludes halogenated alkanes) is 19. The molecule has 0 aliphatic rings. The Bertz CT molecular complexity index is 884. The van der Waals surface area contributed by atoms with Gasteiger partial charge in [0.05, 0.1) is 0 Å². The smallest absolute Gasteiger partial charge is 0.305 e. The summed E-state index contributed by atoms with van der Waals surface area (Å²) in [4.78, 5) is 23.9. The Kier molecular flexibility index (Phi) is 39.1. The van der Waals surface area contributed by atoms with E-state index in [1.165, 1.54) is 103 Å². The van der Waals surface area contributed by atoms with Crippen LogP contribution in [0.15, 0.2) is 60.8 Å². The Hall–Kier alpha value is -2.40. The van der Waals surface area contributed by atoms with Gasteiger partial charge >= 0.3 is 11.9 Å². The average molecular weight is 699 g/mol. The van der Waals surface area contributed by atoms with Gasteiger partial charge in [0.1, 0.15) is 19.3 Å². The Labute approximate surface area is 309 Å². The zero-order chi connectivity index (χ0) is 36.4. The van der Waals surface area contributed by atoms with Crippen molar-refractivity contribution >= 4 is 11.9 Å². The van der Waals surface area contributed by atoms with Gasteiger partial charge in [-0.3, -0.25) is 9.59 Å². The van der Waals surface area contributed by atoms with Crippen LogP contribution in [-0.4, -0.2) is 36.4 Å². The number of ether oxygens (including phenoxy) is 2. The van der Waals surface area contributed by atoms with Crippen LogP contribution in [0.5, 0.6) is 0 Å². The van der Waals surface area contributed by atoms with Crippen molar-refractivity contribution in [2.45, 2.75) is 200 Å². The lowest BCUT2D eigenvalue weighted by Gasteiger charge is -2.12. The molecule has 0 spiro atoms. The monoisotopic (exact) mass is 699 g/mol. The van der Waals surface area contributed by atoms with Crippen molar-refractivity contribution in [2.24, 2.45) is 0 Å². The van der Waals surface area contributed by atoms with E-state index in [-0.39, 0.29) is 25.2 Å². The minimum Gasteiger partial charge on any atom is -0.463 e. The van der Waals surface area contributed by atoms with Crippen LogP contribution in [0.2, 0.25) is 0 Å². The molecule has 0 amide bonds. The van der Waals surface area contributed by atoms with Gasteiger partial charge in [-0.1, -0.05) is 164 Å². The van der Waals surface area contributed by atoms with E-state index in [1.807, 2.05) is 0 Å². The highest BCUT2D eigenvalue weighted by molar-refractivity contribution is 5.69. The molecule has 0 rings (SSSR count). The predicted molar refractivity (Wildman–Crippen MR) is 214 cm³/mol. The van der Waals surface area contributed by atoms with Crippen LogP contribution in [0.3, 0.4) is 0 Å². The van der Waals surface area contributed by atoms with Gasteiger partial charge < -0.3 is 14.6 Å². The number of hydrogen-bond donors (Lipinski definition) is 1. The van der Waals surface area contributed by atoms with Gasteiger partial charge in [-0.05, 0) is 77.0 Å². The van der Waals surface area contributed by atoms with Crippen molar-refractivity contribution in [3.05, 3.63) is 60.8 Å². The minimum atomic E-state index is -0.983. The van der Waals surface area contributed by atoms with Gasteiger partial charge in [0.15, 0.2) is 0 Å². The first-order chi connectivity index (χ1) is 24.6. The second kappa shape index (κ2) is 41.0. The lowest BCUT2D eigenvalue weighted by Crippen LogP contribution is -2.25. The normalized spacial score (nSPS) is 12.8. The number of carbonyl (C=O) groups excluding carboxylic acids is 2. The van der Waals surface area contributed by atoms with E-state index < -0.39 is 6.10 Å². The Morgan fingerprint density at radius 2 is 0.760 bits per heavy atom. The summed E-state index contributed by atoms with van der Waals surface area (Å²) in [5.41, 5.74) is 0. The highest BCUT2D eigenvalue weighted by Crippen LogP contribution is 2.14. The number of esters is 2. The molecule has 0 aromatic carbocycles. The van der Waals surface area contributed by atoms with E-state index in [4.69, 9.17) is 9.47 Å². The van der Waals surface area contributed by atoms with Crippen molar-refractivity contribution in [2.75, 3.05) is 13.2 Å². The van der Waals surface area contributed by atoms with Gasteiger partial charge in [0, 0.05) is 12.8 Å². The zero-order valence-electron chi connectivity index (χ0n) is 32.6. The number of hydrogen-bond acceptors (Lipinski definition) is 5. The molecule has 0 fully saturated rings. The summed E-state index contributed by atoms with van der Waals surface area (Å²) in [7, 11) is 0. The van der Waals surface area contributed by atoms with E-state index in [1.54, 1.807) is 0 Å². The van der Waals surface area contributed by atoms with Crippen LogP contribution in [0.25, 0.3) is 0 Å². The lowest BCUT2D eigenvalue weighted by atomic mass is 10.0. The quantitative estimate of drug-likeness (QED) is 0.0397. The number of carbonyl (C=O) groups is 2. The third kappa shape index (κ3) is 40.0. The van der Waals surface area contributed by atoms with E-state index in [0.717, 1.165) is 64.2 Å². The molecule has 0 radical (unpaired) electrons. The second-order valence-corrected chi connectivity index (χ2v) is 13.7. The highest BCUT2D eigenvalue weighted by Gasteiger charge is 2.12. The largest absolute Gasteiger partial charge is 0.463 e. The van der Waals surface area contributed by atoms with Crippen LogP contribution in [0, 0.1) is 0 Å². The van der Waals surface area contributed by atoms with Crippen molar-refractivity contribution < 1.29 is 24.2 Å². The van der Waals surface area contributed by atoms with E-state index in [9.17, 15) is 14.7 Å². The molecule has 0 aromatic heterocycles. The number of allylic oxidation sites excluding steroid dienone is 10. The fraction of sp³-hybridized carbons (Fsp3) is 0.733. The number of aliphatic hydroxyl groups is 1. The molecule has 288 valence electrons. The fourth-order valence-corrected chi connectivity index (χ4v) is 5.60. The molecule has 50 heavy (non-hydrogen) atoms. The van der Waals surface area contributed by atoms with Crippen molar-refractivity contribution in [3.63, 3.8) is 0 Å². The maximum atomic E-state index is 12.0. The maximum Gasteiger partial charge on any atom is 0.305 e. The third-order valence-electron chi connectivity index (χ3n) is 8.74. The van der Waals surface area contributed by atoms with Crippen molar-refractivity contribution in [1.29, 1.82) is 0 Å². The lowest BCUT2D eigenvalue weighted by molar-refractivity contribution is -0.152. The Morgan fingerprint density at radius 1 is 0.440 bits per heavy atom. The van der Waals surface area contributed by atoms with Crippen LogP contribution >= 0.6 is 0 Å². The average Bonchev–Trinajstić information content (AvgIpc) is 3.12. The first-order valence-electron chi connectivity index (χ1n) is 20.8. The third-order valence-corrected chi connectivity index (χ3v) is 8.74. The van der Waals surface area contributed by atoms with Crippen LogP contribution in [0.1, 0.15) is 194 Å². The summed E-state index contributed by atoms with van der Waals surface area (Å²) in [6, 6.07) is 0. The molecule has 0 bridgehead atoms. The zero-order valence-corrected chi connectivity index (χ0v) is 32.6. The molecule has 1 N–H and O–H groups in total. The van der Waals surface area contributed by atoms with Gasteiger partial charge in [-0.2, -0.15) is 0 Å². The standard InChI is InChI=1S/C45H78O5/c1-3-5-7-9-11-13-15-17-19-20-21-22-23-24-26-28-30-32-34-36-38-40-45(48)50-42-43(46)41-49-44(47)39-37-35-33-31-29-27-25-18-16-14-12-10-8-6-4-2/h6,8,12,14,17-19,25,29,31,43,46H,3-5,7,9-11,13,15-16,20-24,26-28,30,32-42H2,1-2H3/b8-6-,14-12-,19-17-,25-18-,31-29-/t43-/m0/s1. The first-order valence-corrected chi connectivity index (χ1v) is 20.8. The van der Waals surface area contributed by atoms with Crippen molar-refractivity contribution in [3.8, 4) is 0 Å². The maximum absolute atomic E-state index is 12.0. The summed E-state index contributed by atoms with van der Waals surface area (Å²) in [6.07, 6.45) is 52.9. The first kappa shape index (κ1) is 47.6. The molecule has 1 atom stereocenters. The SMILES string of the molecule is CC/C=C\C/C=C\C/C=C\C/C=C\CCCCC(=O)OC[C@H](O)COC(=O)CCCCCCCCCCCCC/C=C\CCCCCCCC. The van der Waals surface area contributed by atoms with E-state index in [2.05, 4.69) is 74.6 Å². The molecule has 0 aliphatic carbocycles. The summed E-state index contributed by atoms with van der Waals surface area (Å²) in [5, 5.41) is 10.0. The molecule has 0 heterocycles. The topological polar surface area (TPSA) is 72.8 Å². The van der Waals surface area contributed by atoms with Gasteiger partial charge in [-0.15, -0.1) is 0 Å². The summed E-state index contributed by atoms with van der Waals surface area (Å²) in [5.74, 6) is -0.614. The number of rotatable bonds is 37. The summed E-state index contributed by atoms with van der Waals surface area (Å²) in [6.45, 7) is 4.15. The molecular formula is C45H78O5. The molecule has 5 nitrogen and oxygen atoms in total. The Morgan fingerprint density at radius 3 is 1.20 bits per heavy atom. The molecule has 0 aromatic rings. The second-order valence-electron chi connectivity index (χ2n) is 13.7. The molecule has 0 saturated carbocycles. The van der Waals surface area contributed by atoms with Crippen molar-refractivity contribution in [1.82, 2.24) is 0 Å². The van der Waals surface area contributed by atoms with Crippen LogP contribution in [-0.2, 0) is 19.1 Å². The fourth-order valence-electron chi connectivity index (χ4n) is 5.60. The number of aliphatic hydroxyl groups excluding tert-OH is 1. The van der Waals surface area contributed by atoms with E-state index in [0.29, 0.717) is 12.8 Å². The predicted octanol–water partition coefficient (Wildman–Crippen LogP) is 13.2. The van der Waals surface area contributed by atoms with Gasteiger partial charge in [0.2, 0.25) is 0 Å². The molecule has 0 aliphatic heterocycles. The minimum absolute atomic E-state index is 0.131. The molecule has 0 unspecified atom stereocenters. The van der Waals surface area contributed by atoms with Gasteiger partial charge in [-0.25, -0.2) is 0 Å². The molecule has 0 saturated heterocycles.